The Morgan fingerprint density at radius 1 is 1.00 bits per heavy atom. The van der Waals surface area contributed by atoms with Gasteiger partial charge in [-0.3, -0.25) is 0 Å². The number of hydrogen-bond donors (Lipinski definition) is 1. The third-order valence-electron chi connectivity index (χ3n) is 3.89. The van der Waals surface area contributed by atoms with Crippen LogP contribution in [-0.2, 0) is 0 Å². The van der Waals surface area contributed by atoms with Crippen molar-refractivity contribution in [2.24, 2.45) is 5.92 Å². The fraction of sp³-hybridized carbons (Fsp3) is 0.444. The Kier molecular flexibility index (Phi) is 5.26. The molecule has 0 radical (unpaired) electrons. The Labute approximate surface area is 117 Å². The van der Waals surface area contributed by atoms with E-state index in [9.17, 15) is 0 Å². The highest BCUT2D eigenvalue weighted by atomic mass is 14.9. The molecular formula is C18H25N. The van der Waals surface area contributed by atoms with Gasteiger partial charge in [0.15, 0.2) is 0 Å². The average Bonchev–Trinajstić information content (AvgIpc) is 2.47. The van der Waals surface area contributed by atoms with Gasteiger partial charge in [0, 0.05) is 12.2 Å². The Morgan fingerprint density at radius 2 is 1.79 bits per heavy atom. The Bertz CT molecular complexity index is 504. The van der Waals surface area contributed by atoms with Crippen LogP contribution in [0.15, 0.2) is 42.5 Å². The van der Waals surface area contributed by atoms with Crippen molar-refractivity contribution in [3.63, 3.8) is 0 Å². The summed E-state index contributed by atoms with van der Waals surface area (Å²) in [5.41, 5.74) is 1.24. The molecule has 0 aromatic heterocycles. The zero-order chi connectivity index (χ0) is 13.5. The number of hydrogen-bond acceptors (Lipinski definition) is 1. The zero-order valence-corrected chi connectivity index (χ0v) is 12.2. The maximum atomic E-state index is 3.60. The summed E-state index contributed by atoms with van der Waals surface area (Å²) in [4.78, 5) is 0. The van der Waals surface area contributed by atoms with E-state index in [1.165, 1.54) is 42.1 Å². The molecule has 102 valence electrons. The highest BCUT2D eigenvalue weighted by Gasteiger charge is 2.05. The number of nitrogens with one attached hydrogen (secondary N) is 1. The molecule has 0 bridgehead atoms. The summed E-state index contributed by atoms with van der Waals surface area (Å²) in [6.07, 6.45) is 5.25. The van der Waals surface area contributed by atoms with Crippen LogP contribution in [-0.4, -0.2) is 6.54 Å². The highest BCUT2D eigenvalue weighted by molar-refractivity contribution is 5.85. The van der Waals surface area contributed by atoms with Gasteiger partial charge < -0.3 is 5.32 Å². The lowest BCUT2D eigenvalue weighted by molar-refractivity contribution is 0.473. The van der Waals surface area contributed by atoms with Crippen molar-refractivity contribution in [3.05, 3.63) is 42.5 Å². The molecule has 0 aliphatic rings. The SMILES string of the molecule is CCCC[C@H](CC)CNc1ccc2ccccc2c1. The maximum absolute atomic E-state index is 3.60. The molecule has 0 amide bonds. The molecule has 2 aromatic carbocycles. The quantitative estimate of drug-likeness (QED) is 0.692. The van der Waals surface area contributed by atoms with Gasteiger partial charge in [0.2, 0.25) is 0 Å². The summed E-state index contributed by atoms with van der Waals surface area (Å²) in [5, 5.41) is 6.22. The number of unbranched alkanes of at least 4 members (excludes halogenated alkanes) is 1. The summed E-state index contributed by atoms with van der Waals surface area (Å²) in [6.45, 7) is 5.65. The van der Waals surface area contributed by atoms with Crippen LogP contribution >= 0.6 is 0 Å². The first-order valence-electron chi connectivity index (χ1n) is 7.56. The van der Waals surface area contributed by atoms with Gasteiger partial charge in [-0.05, 0) is 35.2 Å². The normalized spacial score (nSPS) is 12.5. The van der Waals surface area contributed by atoms with Gasteiger partial charge in [-0.15, -0.1) is 0 Å². The van der Waals surface area contributed by atoms with E-state index in [0.717, 1.165) is 12.5 Å². The average molecular weight is 255 g/mol. The van der Waals surface area contributed by atoms with E-state index in [2.05, 4.69) is 61.6 Å². The Morgan fingerprint density at radius 3 is 2.53 bits per heavy atom. The van der Waals surface area contributed by atoms with Gasteiger partial charge in [0.25, 0.3) is 0 Å². The summed E-state index contributed by atoms with van der Waals surface area (Å²) in [6, 6.07) is 15.2. The van der Waals surface area contributed by atoms with Crippen molar-refractivity contribution < 1.29 is 0 Å². The standard InChI is InChI=1S/C18H25N/c1-3-5-8-15(4-2)14-19-18-12-11-16-9-6-7-10-17(16)13-18/h6-7,9-13,15,19H,3-5,8,14H2,1-2H3/t15-/m0/s1. The van der Waals surface area contributed by atoms with Crippen molar-refractivity contribution in [1.29, 1.82) is 0 Å². The molecule has 2 rings (SSSR count). The van der Waals surface area contributed by atoms with Crippen molar-refractivity contribution >= 4 is 16.5 Å². The molecule has 1 nitrogen and oxygen atoms in total. The van der Waals surface area contributed by atoms with Crippen molar-refractivity contribution in [1.82, 2.24) is 0 Å². The van der Waals surface area contributed by atoms with E-state index in [1.807, 2.05) is 0 Å². The fourth-order valence-corrected chi connectivity index (χ4v) is 2.50. The first-order chi connectivity index (χ1) is 9.33. The molecular weight excluding hydrogens is 230 g/mol. The second kappa shape index (κ2) is 7.18. The molecule has 0 saturated heterocycles. The Balaban J connectivity index is 1.96. The third-order valence-corrected chi connectivity index (χ3v) is 3.89. The molecule has 0 aliphatic carbocycles. The van der Waals surface area contributed by atoms with Crippen molar-refractivity contribution in [3.8, 4) is 0 Å². The van der Waals surface area contributed by atoms with Gasteiger partial charge in [-0.2, -0.15) is 0 Å². The lowest BCUT2D eigenvalue weighted by Gasteiger charge is -2.16. The number of benzene rings is 2. The third kappa shape index (κ3) is 3.99. The minimum Gasteiger partial charge on any atom is -0.385 e. The second-order valence-electron chi connectivity index (χ2n) is 5.36. The zero-order valence-electron chi connectivity index (χ0n) is 12.2. The molecule has 1 heteroatoms. The first-order valence-corrected chi connectivity index (χ1v) is 7.56. The smallest absolute Gasteiger partial charge is 0.0346 e. The minimum atomic E-state index is 0.798. The topological polar surface area (TPSA) is 12.0 Å². The van der Waals surface area contributed by atoms with Gasteiger partial charge in [0.1, 0.15) is 0 Å². The van der Waals surface area contributed by atoms with Crippen LogP contribution < -0.4 is 5.32 Å². The van der Waals surface area contributed by atoms with Crippen molar-refractivity contribution in [2.45, 2.75) is 39.5 Å². The van der Waals surface area contributed by atoms with E-state index in [-0.39, 0.29) is 0 Å². The van der Waals surface area contributed by atoms with Crippen LogP contribution in [0.1, 0.15) is 39.5 Å². The first kappa shape index (κ1) is 13.9. The monoisotopic (exact) mass is 255 g/mol. The summed E-state index contributed by atoms with van der Waals surface area (Å²) in [5.74, 6) is 0.798. The van der Waals surface area contributed by atoms with Gasteiger partial charge in [-0.25, -0.2) is 0 Å². The summed E-state index contributed by atoms with van der Waals surface area (Å²) >= 11 is 0. The molecule has 0 fully saturated rings. The molecule has 2 aromatic rings. The van der Waals surface area contributed by atoms with Gasteiger partial charge in [-0.1, -0.05) is 63.4 Å². The summed E-state index contributed by atoms with van der Waals surface area (Å²) in [7, 11) is 0. The highest BCUT2D eigenvalue weighted by Crippen LogP contribution is 2.20. The molecule has 1 atom stereocenters. The minimum absolute atomic E-state index is 0.798. The molecule has 0 heterocycles. The molecule has 0 saturated carbocycles. The maximum Gasteiger partial charge on any atom is 0.0346 e. The van der Waals surface area contributed by atoms with E-state index in [1.54, 1.807) is 0 Å². The van der Waals surface area contributed by atoms with Crippen LogP contribution in [0.25, 0.3) is 10.8 Å². The number of anilines is 1. The number of rotatable bonds is 7. The molecule has 19 heavy (non-hydrogen) atoms. The fourth-order valence-electron chi connectivity index (χ4n) is 2.50. The van der Waals surface area contributed by atoms with Crippen LogP contribution in [0.2, 0.25) is 0 Å². The molecule has 1 N–H and O–H groups in total. The van der Waals surface area contributed by atoms with Crippen molar-refractivity contribution in [2.75, 3.05) is 11.9 Å². The van der Waals surface area contributed by atoms with E-state index < -0.39 is 0 Å². The van der Waals surface area contributed by atoms with E-state index >= 15 is 0 Å². The molecule has 0 unspecified atom stereocenters. The van der Waals surface area contributed by atoms with Crippen LogP contribution in [0.4, 0.5) is 5.69 Å². The Hall–Kier alpha value is -1.50. The van der Waals surface area contributed by atoms with Crippen LogP contribution in [0.3, 0.4) is 0 Å². The van der Waals surface area contributed by atoms with Gasteiger partial charge in [0.05, 0.1) is 0 Å². The largest absolute Gasteiger partial charge is 0.385 e. The van der Waals surface area contributed by atoms with E-state index in [0.29, 0.717) is 0 Å². The second-order valence-corrected chi connectivity index (χ2v) is 5.36. The molecule has 0 spiro atoms. The van der Waals surface area contributed by atoms with Gasteiger partial charge >= 0.3 is 0 Å². The predicted molar refractivity (Wildman–Crippen MR) is 85.7 cm³/mol. The van der Waals surface area contributed by atoms with Crippen LogP contribution in [0.5, 0.6) is 0 Å². The number of fused-ring (bicyclic) bond motifs is 1. The summed E-state index contributed by atoms with van der Waals surface area (Å²) < 4.78 is 0. The molecule has 0 aliphatic heterocycles. The van der Waals surface area contributed by atoms with E-state index in [4.69, 9.17) is 0 Å². The lowest BCUT2D eigenvalue weighted by atomic mass is 9.99. The lowest BCUT2D eigenvalue weighted by Crippen LogP contribution is -2.13. The van der Waals surface area contributed by atoms with Crippen LogP contribution in [0, 0.1) is 5.92 Å². The predicted octanol–water partition coefficient (Wildman–Crippen LogP) is 5.47.